The molecule has 0 aliphatic carbocycles. The summed E-state index contributed by atoms with van der Waals surface area (Å²) in [6.07, 6.45) is 1.90. The van der Waals surface area contributed by atoms with Gasteiger partial charge in [0.05, 0.1) is 7.11 Å². The third-order valence-corrected chi connectivity index (χ3v) is 2.77. The molecule has 5 heteroatoms. The van der Waals surface area contributed by atoms with Crippen molar-refractivity contribution in [3.63, 3.8) is 0 Å². The van der Waals surface area contributed by atoms with Gasteiger partial charge in [-0.1, -0.05) is 12.1 Å². The molecule has 1 rings (SSSR count). The van der Waals surface area contributed by atoms with Crippen molar-refractivity contribution in [3.05, 3.63) is 29.8 Å². The Morgan fingerprint density at radius 3 is 2.74 bits per heavy atom. The van der Waals surface area contributed by atoms with Crippen LogP contribution in [-0.2, 0) is 11.3 Å². The molecule has 0 unspecified atom stereocenters. The lowest BCUT2D eigenvalue weighted by molar-refractivity contribution is -0.137. The maximum absolute atomic E-state index is 10.4. The van der Waals surface area contributed by atoms with Crippen LogP contribution in [0.3, 0.4) is 0 Å². The van der Waals surface area contributed by atoms with Gasteiger partial charge in [-0.2, -0.15) is 0 Å². The molecule has 0 saturated heterocycles. The molecule has 0 aliphatic heterocycles. The Balaban J connectivity index is 0.00000324. The van der Waals surface area contributed by atoms with E-state index in [1.165, 1.54) is 5.56 Å². The molecule has 0 aromatic heterocycles. The van der Waals surface area contributed by atoms with Gasteiger partial charge in [0.25, 0.3) is 0 Å². The van der Waals surface area contributed by atoms with Crippen molar-refractivity contribution in [2.75, 3.05) is 20.7 Å². The van der Waals surface area contributed by atoms with E-state index in [-0.39, 0.29) is 18.8 Å². The van der Waals surface area contributed by atoms with Gasteiger partial charge in [0.15, 0.2) is 0 Å². The Morgan fingerprint density at radius 2 is 2.11 bits per heavy atom. The molecule has 0 spiro atoms. The predicted molar refractivity (Wildman–Crippen MR) is 78.1 cm³/mol. The van der Waals surface area contributed by atoms with Gasteiger partial charge in [0, 0.05) is 13.0 Å². The Bertz CT molecular complexity index is 385. The monoisotopic (exact) mass is 287 g/mol. The SMILES string of the molecule is COc1cccc(CN(C)CCCCC(=O)O)c1.Cl. The van der Waals surface area contributed by atoms with Crippen LogP contribution in [0.5, 0.6) is 5.75 Å². The zero-order chi connectivity index (χ0) is 13.4. The number of carbonyl (C=O) groups is 1. The number of nitrogens with zero attached hydrogens (tertiary/aromatic N) is 1. The quantitative estimate of drug-likeness (QED) is 0.747. The molecule has 0 bridgehead atoms. The van der Waals surface area contributed by atoms with E-state index in [0.717, 1.165) is 31.7 Å². The molecule has 0 saturated carbocycles. The minimum atomic E-state index is -0.717. The first kappa shape index (κ1) is 17.7. The van der Waals surface area contributed by atoms with E-state index >= 15 is 0 Å². The molecule has 0 fully saturated rings. The van der Waals surface area contributed by atoms with Gasteiger partial charge >= 0.3 is 5.97 Å². The second-order valence-electron chi connectivity index (χ2n) is 4.44. The molecule has 19 heavy (non-hydrogen) atoms. The fourth-order valence-electron chi connectivity index (χ4n) is 1.82. The molecule has 0 heterocycles. The highest BCUT2D eigenvalue weighted by atomic mass is 35.5. The van der Waals surface area contributed by atoms with Crippen LogP contribution in [0.25, 0.3) is 0 Å². The first-order valence-electron chi connectivity index (χ1n) is 6.15. The largest absolute Gasteiger partial charge is 0.497 e. The van der Waals surface area contributed by atoms with Crippen molar-refractivity contribution in [2.24, 2.45) is 0 Å². The Morgan fingerprint density at radius 1 is 1.37 bits per heavy atom. The summed E-state index contributed by atoms with van der Waals surface area (Å²) in [5, 5.41) is 8.54. The van der Waals surface area contributed by atoms with Crippen LogP contribution in [0.4, 0.5) is 0 Å². The van der Waals surface area contributed by atoms with E-state index in [0.29, 0.717) is 0 Å². The molecule has 0 amide bonds. The molecule has 1 aromatic rings. The van der Waals surface area contributed by atoms with Crippen LogP contribution >= 0.6 is 12.4 Å². The highest BCUT2D eigenvalue weighted by Gasteiger charge is 2.02. The van der Waals surface area contributed by atoms with Gasteiger partial charge in [0.1, 0.15) is 5.75 Å². The van der Waals surface area contributed by atoms with Crippen LogP contribution in [-0.4, -0.2) is 36.7 Å². The summed E-state index contributed by atoms with van der Waals surface area (Å²) >= 11 is 0. The van der Waals surface area contributed by atoms with Gasteiger partial charge in [-0.05, 0) is 44.1 Å². The molecular formula is C14H22ClNO3. The number of methoxy groups -OCH3 is 1. The second-order valence-corrected chi connectivity index (χ2v) is 4.44. The van der Waals surface area contributed by atoms with Crippen molar-refractivity contribution in [2.45, 2.75) is 25.8 Å². The number of hydrogen-bond donors (Lipinski definition) is 1. The molecule has 108 valence electrons. The van der Waals surface area contributed by atoms with Crippen LogP contribution < -0.4 is 4.74 Å². The molecule has 0 atom stereocenters. The van der Waals surface area contributed by atoms with E-state index < -0.39 is 5.97 Å². The van der Waals surface area contributed by atoms with Crippen molar-refractivity contribution >= 4 is 18.4 Å². The fraction of sp³-hybridized carbons (Fsp3) is 0.500. The van der Waals surface area contributed by atoms with Crippen LogP contribution in [0, 0.1) is 0 Å². The zero-order valence-electron chi connectivity index (χ0n) is 11.5. The molecule has 1 aromatic carbocycles. The first-order valence-corrected chi connectivity index (χ1v) is 6.15. The molecule has 0 radical (unpaired) electrons. The van der Waals surface area contributed by atoms with E-state index in [1.54, 1.807) is 7.11 Å². The number of benzene rings is 1. The summed E-state index contributed by atoms with van der Waals surface area (Å²) in [4.78, 5) is 12.6. The van der Waals surface area contributed by atoms with Crippen LogP contribution in [0.15, 0.2) is 24.3 Å². The Labute approximate surface area is 120 Å². The number of ether oxygens (including phenoxy) is 1. The number of halogens is 1. The predicted octanol–water partition coefficient (Wildman–Crippen LogP) is 2.80. The number of carboxylic acid groups (broad SMARTS) is 1. The average molecular weight is 288 g/mol. The third-order valence-electron chi connectivity index (χ3n) is 2.77. The number of rotatable bonds is 8. The molecule has 4 nitrogen and oxygen atoms in total. The topological polar surface area (TPSA) is 49.8 Å². The highest BCUT2D eigenvalue weighted by molar-refractivity contribution is 5.85. The van der Waals surface area contributed by atoms with E-state index in [1.807, 2.05) is 25.2 Å². The Kier molecular flexibility index (Phi) is 9.00. The van der Waals surface area contributed by atoms with E-state index in [2.05, 4.69) is 11.0 Å². The second kappa shape index (κ2) is 9.64. The maximum atomic E-state index is 10.4. The summed E-state index contributed by atoms with van der Waals surface area (Å²) in [6.45, 7) is 1.76. The molecular weight excluding hydrogens is 266 g/mol. The van der Waals surface area contributed by atoms with Crippen LogP contribution in [0.1, 0.15) is 24.8 Å². The standard InChI is InChI=1S/C14H21NO3.ClH/c1-15(9-4-3-8-14(16)17)11-12-6-5-7-13(10-12)18-2;/h5-7,10H,3-4,8-9,11H2,1-2H3,(H,16,17);1H. The van der Waals surface area contributed by atoms with Gasteiger partial charge < -0.3 is 14.7 Å². The Hall–Kier alpha value is -1.26. The van der Waals surface area contributed by atoms with Crippen molar-refractivity contribution in [1.29, 1.82) is 0 Å². The number of carboxylic acids is 1. The smallest absolute Gasteiger partial charge is 0.303 e. The minimum Gasteiger partial charge on any atom is -0.497 e. The number of unbranched alkanes of at least 4 members (excludes halogenated alkanes) is 1. The van der Waals surface area contributed by atoms with E-state index in [9.17, 15) is 4.79 Å². The van der Waals surface area contributed by atoms with Crippen molar-refractivity contribution in [3.8, 4) is 5.75 Å². The third kappa shape index (κ3) is 7.70. The zero-order valence-corrected chi connectivity index (χ0v) is 12.3. The minimum absolute atomic E-state index is 0. The van der Waals surface area contributed by atoms with Gasteiger partial charge in [-0.3, -0.25) is 4.79 Å². The summed E-state index contributed by atoms with van der Waals surface area (Å²) in [6, 6.07) is 7.99. The molecule has 1 N–H and O–H groups in total. The van der Waals surface area contributed by atoms with Gasteiger partial charge in [-0.15, -0.1) is 12.4 Å². The van der Waals surface area contributed by atoms with Crippen molar-refractivity contribution < 1.29 is 14.6 Å². The lowest BCUT2D eigenvalue weighted by Crippen LogP contribution is -2.19. The van der Waals surface area contributed by atoms with Crippen molar-refractivity contribution in [1.82, 2.24) is 4.90 Å². The van der Waals surface area contributed by atoms with Gasteiger partial charge in [0.2, 0.25) is 0 Å². The van der Waals surface area contributed by atoms with E-state index in [4.69, 9.17) is 9.84 Å². The van der Waals surface area contributed by atoms with Crippen LogP contribution in [0.2, 0.25) is 0 Å². The highest BCUT2D eigenvalue weighted by Crippen LogP contribution is 2.14. The van der Waals surface area contributed by atoms with Gasteiger partial charge in [-0.25, -0.2) is 0 Å². The maximum Gasteiger partial charge on any atom is 0.303 e. The lowest BCUT2D eigenvalue weighted by atomic mass is 10.2. The number of hydrogen-bond acceptors (Lipinski definition) is 3. The summed E-state index contributed by atoms with van der Waals surface area (Å²) in [7, 11) is 3.70. The summed E-state index contributed by atoms with van der Waals surface area (Å²) < 4.78 is 5.18. The average Bonchev–Trinajstić information content (AvgIpc) is 2.34. The fourth-order valence-corrected chi connectivity index (χ4v) is 1.82. The summed E-state index contributed by atoms with van der Waals surface area (Å²) in [5.41, 5.74) is 1.20. The summed E-state index contributed by atoms with van der Waals surface area (Å²) in [5.74, 6) is 0.150. The normalized spacial score (nSPS) is 10.1. The first-order chi connectivity index (χ1) is 8.61. The number of aliphatic carboxylic acids is 1. The lowest BCUT2D eigenvalue weighted by Gasteiger charge is -2.16. The molecule has 0 aliphatic rings.